The number of ketones is 1. The number of carbonyl (C=O) groups excluding carboxylic acids is 5. The predicted octanol–water partition coefficient (Wildman–Crippen LogP) is 1.07. The van der Waals surface area contributed by atoms with Gasteiger partial charge in [-0.05, 0) is 45.1 Å². The number of hydrogen-bond acceptors (Lipinski definition) is 8. The van der Waals surface area contributed by atoms with Gasteiger partial charge in [-0.15, -0.1) is 0 Å². The first-order chi connectivity index (χ1) is 20.8. The summed E-state index contributed by atoms with van der Waals surface area (Å²) in [5, 5.41) is 22.1. The minimum Gasteiger partial charge on any atom is -0.491 e. The van der Waals surface area contributed by atoms with Crippen LogP contribution in [0.5, 0.6) is 5.75 Å². The topological polar surface area (TPSA) is 205 Å². The van der Waals surface area contributed by atoms with E-state index in [4.69, 9.17) is 4.74 Å². The molecule has 1 aromatic heterocycles. The normalized spacial score (nSPS) is 16.4. The summed E-state index contributed by atoms with van der Waals surface area (Å²) >= 11 is 0. The lowest BCUT2D eigenvalue weighted by Gasteiger charge is -2.26. The molecule has 5 amide bonds. The van der Waals surface area contributed by atoms with Crippen molar-refractivity contribution in [3.63, 3.8) is 0 Å². The van der Waals surface area contributed by atoms with Crippen molar-refractivity contribution in [3.8, 4) is 5.75 Å². The number of unbranched alkanes of at least 4 members (excludes halogenated alkanes) is 1. The highest BCUT2D eigenvalue weighted by Gasteiger charge is 2.38. The van der Waals surface area contributed by atoms with E-state index in [1.165, 1.54) is 6.20 Å². The minimum absolute atomic E-state index is 0.0874. The van der Waals surface area contributed by atoms with Crippen LogP contribution in [0.3, 0.4) is 0 Å². The lowest BCUT2D eigenvalue weighted by molar-refractivity contribution is -0.138. The van der Waals surface area contributed by atoms with Crippen molar-refractivity contribution in [1.82, 2.24) is 31.6 Å². The molecule has 0 radical (unpaired) electrons. The van der Waals surface area contributed by atoms with Gasteiger partial charge in [-0.3, -0.25) is 29.0 Å². The van der Waals surface area contributed by atoms with Crippen molar-refractivity contribution in [2.45, 2.75) is 97.4 Å². The molecule has 1 saturated heterocycles. The van der Waals surface area contributed by atoms with Gasteiger partial charge in [0.2, 0.25) is 23.6 Å². The molecule has 0 aliphatic carbocycles. The molecule has 0 aromatic carbocycles. The van der Waals surface area contributed by atoms with Crippen LogP contribution < -0.4 is 31.3 Å². The summed E-state index contributed by atoms with van der Waals surface area (Å²) in [5.41, 5.74) is 0.386. The molecule has 2 heterocycles. The summed E-state index contributed by atoms with van der Waals surface area (Å²) in [6, 6.07) is -0.530. The number of ether oxygens (including phenoxy) is 1. The van der Waals surface area contributed by atoms with E-state index >= 15 is 0 Å². The van der Waals surface area contributed by atoms with Gasteiger partial charge >= 0.3 is 6.09 Å². The maximum Gasteiger partial charge on any atom is 0.405 e. The number of amides is 5. The first-order valence-electron chi connectivity index (χ1n) is 15.1. The van der Waals surface area contributed by atoms with E-state index in [2.05, 4.69) is 31.6 Å². The molecule has 14 nitrogen and oxygen atoms in total. The van der Waals surface area contributed by atoms with Crippen molar-refractivity contribution in [2.75, 3.05) is 13.1 Å². The van der Waals surface area contributed by atoms with Gasteiger partial charge in [0.05, 0.1) is 18.6 Å². The summed E-state index contributed by atoms with van der Waals surface area (Å²) in [6.07, 6.45) is 1.41. The van der Waals surface area contributed by atoms with Crippen LogP contribution in [0, 0.1) is 11.8 Å². The van der Waals surface area contributed by atoms with E-state index in [1.807, 2.05) is 34.6 Å². The zero-order valence-electron chi connectivity index (χ0n) is 26.1. The monoisotopic (exact) mass is 618 g/mol. The van der Waals surface area contributed by atoms with E-state index in [0.29, 0.717) is 24.5 Å². The fourth-order valence-electron chi connectivity index (χ4n) is 4.72. The molecule has 2 rings (SSSR count). The van der Waals surface area contributed by atoms with Gasteiger partial charge in [0.1, 0.15) is 23.8 Å². The number of nitrogens with zero attached hydrogens (tertiary/aromatic N) is 1. The minimum atomic E-state index is -1.45. The van der Waals surface area contributed by atoms with Gasteiger partial charge in [-0.2, -0.15) is 0 Å². The molecule has 1 fully saturated rings. The van der Waals surface area contributed by atoms with Crippen molar-refractivity contribution in [1.29, 1.82) is 0 Å². The molecule has 1 aliphatic rings. The average Bonchev–Trinajstić information content (AvgIpc) is 3.36. The van der Waals surface area contributed by atoms with E-state index in [9.17, 15) is 33.9 Å². The Hall–Kier alpha value is -4.23. The fraction of sp³-hybridized carbons (Fsp3) is 0.633. The third kappa shape index (κ3) is 12.2. The molecule has 0 saturated carbocycles. The summed E-state index contributed by atoms with van der Waals surface area (Å²) < 4.78 is 5.66. The van der Waals surface area contributed by atoms with Gasteiger partial charge < -0.3 is 36.4 Å². The Bertz CT molecular complexity index is 1170. The third-order valence-corrected chi connectivity index (χ3v) is 6.82. The Morgan fingerprint density at radius 3 is 2.32 bits per heavy atom. The molecule has 14 heteroatoms. The number of Topliss-reactive ketones (excluding diaryl/α,β-unsaturated/α-hetero) is 1. The molecule has 4 atom stereocenters. The number of aromatic nitrogens is 1. The van der Waals surface area contributed by atoms with E-state index in [-0.39, 0.29) is 37.7 Å². The Labute approximate surface area is 257 Å². The van der Waals surface area contributed by atoms with Gasteiger partial charge in [0.15, 0.2) is 5.78 Å². The smallest absolute Gasteiger partial charge is 0.405 e. The number of carbonyl (C=O) groups is 6. The largest absolute Gasteiger partial charge is 0.491 e. The van der Waals surface area contributed by atoms with Crippen molar-refractivity contribution >= 4 is 35.5 Å². The number of nitrogens with one attached hydrogen (secondary N) is 5. The van der Waals surface area contributed by atoms with Gasteiger partial charge in [0.25, 0.3) is 0 Å². The van der Waals surface area contributed by atoms with Crippen LogP contribution in [-0.4, -0.2) is 82.9 Å². The number of hydrogen-bond donors (Lipinski definition) is 6. The van der Waals surface area contributed by atoms with Crippen molar-refractivity contribution < 1.29 is 38.6 Å². The Balaban J connectivity index is 2.25. The van der Waals surface area contributed by atoms with Crippen LogP contribution in [0.15, 0.2) is 18.3 Å². The van der Waals surface area contributed by atoms with E-state index < -0.39 is 59.5 Å². The summed E-state index contributed by atoms with van der Waals surface area (Å²) in [7, 11) is 0. The number of carboxylic acid groups (broad SMARTS) is 1. The Kier molecular flexibility index (Phi) is 14.5. The SMILES string of the molecule is CCCCNC(=O)C[C@H](NC(=O)[C@H](CC(C)C)NC(=O)[C@H](Cc1cc(OC(C)C)ccn1)NC(=O)O)C(=O)[C@@H]1CCNC1=O. The van der Waals surface area contributed by atoms with Gasteiger partial charge in [0, 0.05) is 37.5 Å². The zero-order valence-corrected chi connectivity index (χ0v) is 26.1. The van der Waals surface area contributed by atoms with Crippen LogP contribution in [0.1, 0.15) is 72.4 Å². The Morgan fingerprint density at radius 1 is 1.05 bits per heavy atom. The molecule has 0 bridgehead atoms. The molecule has 0 unspecified atom stereocenters. The predicted molar refractivity (Wildman–Crippen MR) is 161 cm³/mol. The van der Waals surface area contributed by atoms with Crippen molar-refractivity contribution in [3.05, 3.63) is 24.0 Å². The van der Waals surface area contributed by atoms with Gasteiger partial charge in [-0.25, -0.2) is 4.79 Å². The van der Waals surface area contributed by atoms with E-state index in [1.54, 1.807) is 12.1 Å². The molecule has 44 heavy (non-hydrogen) atoms. The highest BCUT2D eigenvalue weighted by atomic mass is 16.5. The number of rotatable bonds is 18. The maximum atomic E-state index is 13.5. The first-order valence-corrected chi connectivity index (χ1v) is 15.1. The fourth-order valence-corrected chi connectivity index (χ4v) is 4.72. The number of pyridine rings is 1. The second kappa shape index (κ2) is 17.8. The Morgan fingerprint density at radius 2 is 1.73 bits per heavy atom. The van der Waals surface area contributed by atoms with E-state index in [0.717, 1.165) is 12.8 Å². The molecule has 6 N–H and O–H groups in total. The second-order valence-electron chi connectivity index (χ2n) is 11.5. The van der Waals surface area contributed by atoms with Crippen LogP contribution in [0.4, 0.5) is 4.79 Å². The molecule has 244 valence electrons. The second-order valence-corrected chi connectivity index (χ2v) is 11.5. The zero-order chi connectivity index (χ0) is 32.8. The molecular formula is C30H46N6O8. The lowest BCUT2D eigenvalue weighted by atomic mass is 9.93. The van der Waals surface area contributed by atoms with Gasteiger partial charge in [-0.1, -0.05) is 27.2 Å². The van der Waals surface area contributed by atoms with Crippen LogP contribution >= 0.6 is 0 Å². The van der Waals surface area contributed by atoms with Crippen LogP contribution in [0.2, 0.25) is 0 Å². The highest BCUT2D eigenvalue weighted by Crippen LogP contribution is 2.17. The average molecular weight is 619 g/mol. The van der Waals surface area contributed by atoms with Crippen LogP contribution in [-0.2, 0) is 30.4 Å². The highest BCUT2D eigenvalue weighted by molar-refractivity contribution is 6.07. The molecular weight excluding hydrogens is 572 g/mol. The molecule has 0 spiro atoms. The lowest BCUT2D eigenvalue weighted by Crippen LogP contribution is -2.57. The molecule has 1 aromatic rings. The maximum absolute atomic E-state index is 13.5. The van der Waals surface area contributed by atoms with Crippen molar-refractivity contribution in [2.24, 2.45) is 11.8 Å². The molecule has 1 aliphatic heterocycles. The summed E-state index contributed by atoms with van der Waals surface area (Å²) in [6.45, 7) is 10.0. The standard InChI is InChI=1S/C30H46N6O8/c1-6-7-10-32-25(37)16-22(26(38)21-9-12-33-27(21)39)34-28(40)23(13-17(2)3)35-29(41)24(36-30(42)43)15-19-14-20(8-11-31-19)44-18(4)5/h8,11,14,17-18,21-24,36H,6-7,9-10,12-13,15-16H2,1-5H3,(H,32,37)(H,33,39)(H,34,40)(H,35,41)(H,42,43)/t21-,22-,23-,24-/m0/s1. The first kappa shape index (κ1) is 36.0. The third-order valence-electron chi connectivity index (χ3n) is 6.82. The quantitative estimate of drug-likeness (QED) is 0.103. The summed E-state index contributed by atoms with van der Waals surface area (Å²) in [4.78, 5) is 80.9. The summed E-state index contributed by atoms with van der Waals surface area (Å²) in [5.74, 6) is -3.61. The van der Waals surface area contributed by atoms with Crippen LogP contribution in [0.25, 0.3) is 0 Å².